The van der Waals surface area contributed by atoms with Crippen LogP contribution in [0.4, 0.5) is 28.9 Å². The van der Waals surface area contributed by atoms with Gasteiger partial charge in [0.1, 0.15) is 5.82 Å². The molecule has 0 unspecified atom stereocenters. The van der Waals surface area contributed by atoms with Crippen LogP contribution < -0.4 is 5.32 Å². The fraction of sp³-hybridized carbons (Fsp3) is 0.143. The SMILES string of the molecule is COC(=O)c1cncc(Nc2ccc(Cl)cc2F)c1C(F)(F)F. The van der Waals surface area contributed by atoms with E-state index in [1.165, 1.54) is 12.1 Å². The van der Waals surface area contributed by atoms with Crippen LogP contribution in [0.3, 0.4) is 0 Å². The maximum Gasteiger partial charge on any atom is 0.419 e. The van der Waals surface area contributed by atoms with Crippen LogP contribution in [0.15, 0.2) is 30.6 Å². The van der Waals surface area contributed by atoms with Gasteiger partial charge in [0.25, 0.3) is 0 Å². The van der Waals surface area contributed by atoms with Crippen LogP contribution in [-0.2, 0) is 10.9 Å². The number of esters is 1. The first-order chi connectivity index (χ1) is 10.7. The summed E-state index contributed by atoms with van der Waals surface area (Å²) in [5, 5.41) is 2.36. The van der Waals surface area contributed by atoms with E-state index >= 15 is 0 Å². The van der Waals surface area contributed by atoms with Gasteiger partial charge in [-0.05, 0) is 18.2 Å². The Labute approximate surface area is 133 Å². The second kappa shape index (κ2) is 6.41. The van der Waals surface area contributed by atoms with E-state index in [0.717, 1.165) is 25.6 Å². The molecular formula is C14H9ClF4N2O2. The standard InChI is InChI=1S/C14H9ClF4N2O2/c1-23-13(22)8-5-20-6-11(12(8)14(17,18)19)21-10-3-2-7(15)4-9(10)16/h2-6,21H,1H3. The van der Waals surface area contributed by atoms with Crippen LogP contribution in [0.1, 0.15) is 15.9 Å². The highest BCUT2D eigenvalue weighted by Crippen LogP contribution is 2.38. The molecule has 2 aromatic rings. The molecule has 0 bridgehead atoms. The maximum atomic E-state index is 13.7. The molecule has 0 fully saturated rings. The first kappa shape index (κ1) is 17.0. The van der Waals surface area contributed by atoms with E-state index in [2.05, 4.69) is 15.0 Å². The molecule has 9 heteroatoms. The molecule has 23 heavy (non-hydrogen) atoms. The Morgan fingerprint density at radius 2 is 1.96 bits per heavy atom. The molecule has 0 aliphatic rings. The van der Waals surface area contributed by atoms with E-state index in [9.17, 15) is 22.4 Å². The number of halogens is 5. The molecule has 0 saturated heterocycles. The Hall–Kier alpha value is -2.35. The number of alkyl halides is 3. The molecule has 0 amide bonds. The lowest BCUT2D eigenvalue weighted by Crippen LogP contribution is -2.17. The number of nitrogens with zero attached hydrogens (tertiary/aromatic N) is 1. The van der Waals surface area contributed by atoms with Crippen LogP contribution in [0.5, 0.6) is 0 Å². The smallest absolute Gasteiger partial charge is 0.419 e. The molecule has 1 heterocycles. The van der Waals surface area contributed by atoms with Crippen molar-refractivity contribution in [1.82, 2.24) is 4.98 Å². The summed E-state index contributed by atoms with van der Waals surface area (Å²) in [5.41, 5.74) is -2.90. The van der Waals surface area contributed by atoms with Crippen molar-refractivity contribution in [2.45, 2.75) is 6.18 Å². The van der Waals surface area contributed by atoms with Crippen molar-refractivity contribution in [1.29, 1.82) is 0 Å². The van der Waals surface area contributed by atoms with Crippen LogP contribution in [0.25, 0.3) is 0 Å². The summed E-state index contributed by atoms with van der Waals surface area (Å²) in [7, 11) is 0.946. The minimum absolute atomic E-state index is 0.0885. The van der Waals surface area contributed by atoms with Gasteiger partial charge in [0.2, 0.25) is 0 Å². The van der Waals surface area contributed by atoms with E-state index in [1.54, 1.807) is 0 Å². The monoisotopic (exact) mass is 348 g/mol. The average molecular weight is 349 g/mol. The molecule has 122 valence electrons. The fourth-order valence-corrected chi connectivity index (χ4v) is 2.02. The van der Waals surface area contributed by atoms with Crippen LogP contribution in [-0.4, -0.2) is 18.1 Å². The third-order valence-corrected chi connectivity index (χ3v) is 3.07. The second-order valence-electron chi connectivity index (χ2n) is 4.35. The van der Waals surface area contributed by atoms with Gasteiger partial charge in [0.05, 0.1) is 35.8 Å². The Kier molecular flexibility index (Phi) is 4.74. The highest BCUT2D eigenvalue weighted by molar-refractivity contribution is 6.30. The summed E-state index contributed by atoms with van der Waals surface area (Å²) in [5.74, 6) is -2.06. The number of hydrogen-bond donors (Lipinski definition) is 1. The molecule has 1 N–H and O–H groups in total. The zero-order valence-electron chi connectivity index (χ0n) is 11.5. The number of carbonyl (C=O) groups is 1. The lowest BCUT2D eigenvalue weighted by atomic mass is 10.1. The summed E-state index contributed by atoms with van der Waals surface area (Å²) >= 11 is 5.59. The second-order valence-corrected chi connectivity index (χ2v) is 4.78. The number of nitrogens with one attached hydrogen (secondary N) is 1. The number of ether oxygens (including phenoxy) is 1. The molecule has 0 saturated carbocycles. The number of methoxy groups -OCH3 is 1. The van der Waals surface area contributed by atoms with Gasteiger partial charge in [-0.1, -0.05) is 11.6 Å². The lowest BCUT2D eigenvalue weighted by Gasteiger charge is -2.17. The van der Waals surface area contributed by atoms with E-state index in [4.69, 9.17) is 11.6 Å². The van der Waals surface area contributed by atoms with E-state index in [1.807, 2.05) is 0 Å². The molecule has 0 radical (unpaired) electrons. The third kappa shape index (κ3) is 3.70. The first-order valence-corrected chi connectivity index (χ1v) is 6.47. The number of hydrogen-bond acceptors (Lipinski definition) is 4. The molecule has 0 spiro atoms. The van der Waals surface area contributed by atoms with Crippen molar-refractivity contribution in [3.05, 3.63) is 52.6 Å². The number of aromatic nitrogens is 1. The van der Waals surface area contributed by atoms with Gasteiger partial charge in [-0.3, -0.25) is 4.98 Å². The van der Waals surface area contributed by atoms with Crippen LogP contribution in [0, 0.1) is 5.82 Å². The maximum absolute atomic E-state index is 13.7. The summed E-state index contributed by atoms with van der Waals surface area (Å²) in [6.45, 7) is 0. The predicted octanol–water partition coefficient (Wildman–Crippen LogP) is 4.42. The first-order valence-electron chi connectivity index (χ1n) is 6.09. The molecule has 2 rings (SSSR count). The van der Waals surface area contributed by atoms with Gasteiger partial charge in [0, 0.05) is 11.2 Å². The van der Waals surface area contributed by atoms with Crippen molar-refractivity contribution < 1.29 is 27.1 Å². The van der Waals surface area contributed by atoms with Gasteiger partial charge in [0.15, 0.2) is 0 Å². The quantitative estimate of drug-likeness (QED) is 0.659. The number of rotatable bonds is 3. The Balaban J connectivity index is 2.56. The van der Waals surface area contributed by atoms with Gasteiger partial charge in [-0.25, -0.2) is 9.18 Å². The Morgan fingerprint density at radius 1 is 1.26 bits per heavy atom. The topological polar surface area (TPSA) is 51.2 Å². The van der Waals surface area contributed by atoms with E-state index in [-0.39, 0.29) is 10.7 Å². The van der Waals surface area contributed by atoms with Crippen molar-refractivity contribution >= 4 is 28.9 Å². The molecule has 1 aromatic carbocycles. The van der Waals surface area contributed by atoms with Gasteiger partial charge >= 0.3 is 12.1 Å². The zero-order valence-corrected chi connectivity index (χ0v) is 12.3. The highest BCUT2D eigenvalue weighted by Gasteiger charge is 2.39. The zero-order chi connectivity index (χ0) is 17.2. The number of anilines is 2. The van der Waals surface area contributed by atoms with Crippen molar-refractivity contribution in [2.24, 2.45) is 0 Å². The van der Waals surface area contributed by atoms with Gasteiger partial charge < -0.3 is 10.1 Å². The minimum atomic E-state index is -4.88. The van der Waals surface area contributed by atoms with Crippen molar-refractivity contribution in [2.75, 3.05) is 12.4 Å². The molecule has 0 aliphatic heterocycles. The molecule has 1 aromatic heterocycles. The predicted molar refractivity (Wildman–Crippen MR) is 75.3 cm³/mol. The Morgan fingerprint density at radius 3 is 2.52 bits per heavy atom. The molecular weight excluding hydrogens is 340 g/mol. The van der Waals surface area contributed by atoms with Gasteiger partial charge in [-0.15, -0.1) is 0 Å². The largest absolute Gasteiger partial charge is 0.465 e. The van der Waals surface area contributed by atoms with Crippen LogP contribution in [0.2, 0.25) is 5.02 Å². The van der Waals surface area contributed by atoms with Crippen molar-refractivity contribution in [3.63, 3.8) is 0 Å². The number of carbonyl (C=O) groups excluding carboxylic acids is 1. The number of pyridine rings is 1. The summed E-state index contributed by atoms with van der Waals surface area (Å²) in [6.07, 6.45) is -3.31. The normalized spacial score (nSPS) is 11.2. The van der Waals surface area contributed by atoms with Crippen LogP contribution >= 0.6 is 11.6 Å². The van der Waals surface area contributed by atoms with Gasteiger partial charge in [-0.2, -0.15) is 13.2 Å². The summed E-state index contributed by atoms with van der Waals surface area (Å²) in [4.78, 5) is 15.1. The average Bonchev–Trinajstić information content (AvgIpc) is 2.48. The van der Waals surface area contributed by atoms with E-state index in [0.29, 0.717) is 0 Å². The highest BCUT2D eigenvalue weighted by atomic mass is 35.5. The molecule has 4 nitrogen and oxygen atoms in total. The minimum Gasteiger partial charge on any atom is -0.465 e. The third-order valence-electron chi connectivity index (χ3n) is 2.84. The van der Waals surface area contributed by atoms with Crippen molar-refractivity contribution in [3.8, 4) is 0 Å². The fourth-order valence-electron chi connectivity index (χ4n) is 1.86. The lowest BCUT2D eigenvalue weighted by molar-refractivity contribution is -0.137. The Bertz CT molecular complexity index is 750. The summed E-state index contributed by atoms with van der Waals surface area (Å²) in [6, 6.07) is 3.41. The summed E-state index contributed by atoms with van der Waals surface area (Å²) < 4.78 is 57.9. The van der Waals surface area contributed by atoms with E-state index < -0.39 is 34.8 Å². The molecule has 0 aliphatic carbocycles. The number of benzene rings is 1. The molecule has 0 atom stereocenters.